The van der Waals surface area contributed by atoms with Crippen LogP contribution in [0.4, 0.5) is 22.7 Å². The summed E-state index contributed by atoms with van der Waals surface area (Å²) in [6, 6.07) is 9.76. The van der Waals surface area contributed by atoms with E-state index in [0.717, 1.165) is 35.6 Å². The number of benzene rings is 3. The lowest BCUT2D eigenvalue weighted by molar-refractivity contribution is -0.395. The van der Waals surface area contributed by atoms with Crippen LogP contribution in [0.5, 0.6) is 5.75 Å². The van der Waals surface area contributed by atoms with Crippen LogP contribution in [-0.2, 0) is 49.1 Å². The second kappa shape index (κ2) is 14.3. The Hall–Kier alpha value is -8.17. The first kappa shape index (κ1) is 39.6. The molecule has 2 aromatic heterocycles. The van der Waals surface area contributed by atoms with Crippen molar-refractivity contribution in [3.8, 4) is 28.3 Å². The van der Waals surface area contributed by atoms with Crippen LogP contribution < -0.4 is 10.3 Å². The highest BCUT2D eigenvalue weighted by molar-refractivity contribution is 6.27. The SMILES string of the molecule is CCc1c2c(nc3ccc(OC)cc13)-c1cc3c(c(=O)n1C2)COC(=O)[C@@]3(CC)OC(=O)[C@H](C)ON=C1c2cc([N+](=O)[O-])cc([N+](=O)[O-])c2-c2c1cc([N+](=O)[O-])cc2[N+](=O)[O-]. The van der Waals surface area contributed by atoms with Crippen LogP contribution in [0.3, 0.4) is 0 Å². The maximum atomic E-state index is 14.2. The summed E-state index contributed by atoms with van der Waals surface area (Å²) in [5, 5.41) is 52.8. The Kier molecular flexibility index (Phi) is 9.28. The highest BCUT2D eigenvalue weighted by Gasteiger charge is 2.51. The number of nitrogens with zero attached hydrogens (tertiary/aromatic N) is 7. The number of carbonyl (C=O) groups is 2. The average molecular weight is 836 g/mol. The van der Waals surface area contributed by atoms with Crippen molar-refractivity contribution in [3.63, 3.8) is 0 Å². The predicted octanol–water partition coefficient (Wildman–Crippen LogP) is 5.67. The summed E-state index contributed by atoms with van der Waals surface area (Å²) in [6.45, 7) is 4.37. The van der Waals surface area contributed by atoms with Crippen LogP contribution in [0.15, 0.2) is 58.5 Å². The Labute approximate surface area is 340 Å². The fourth-order valence-electron chi connectivity index (χ4n) is 8.12. The third kappa shape index (κ3) is 5.97. The highest BCUT2D eigenvalue weighted by atomic mass is 16.7. The van der Waals surface area contributed by atoms with E-state index in [-0.39, 0.29) is 24.1 Å². The topological polar surface area (TPSA) is 291 Å². The number of aromatic nitrogens is 2. The standard InChI is InChI=1S/C39H29N7O15/c1-5-21-22-13-20(58-4)7-8-28(22)40-35-25(21)15-42-31(35)14-27-26(36(42)47)16-59-38(49)39(27,6-2)60-37(48)17(3)61-41-34-23-9-18(43(50)51)11-29(45(54)55)32(23)33-24(34)10-19(44(52)53)12-30(33)46(56)57/h7-14,17H,5-6,15-16H2,1-4H3/t17-,39-/m0/s1. The molecule has 310 valence electrons. The van der Waals surface area contributed by atoms with E-state index in [1.165, 1.54) is 11.5 Å². The first-order valence-electron chi connectivity index (χ1n) is 18.4. The number of aryl methyl sites for hydroxylation is 1. The molecule has 0 unspecified atom stereocenters. The van der Waals surface area contributed by atoms with Gasteiger partial charge in [0, 0.05) is 39.8 Å². The van der Waals surface area contributed by atoms with E-state index in [1.54, 1.807) is 25.3 Å². The number of hydrogen-bond donors (Lipinski definition) is 0. The molecule has 61 heavy (non-hydrogen) atoms. The van der Waals surface area contributed by atoms with E-state index in [0.29, 0.717) is 41.2 Å². The van der Waals surface area contributed by atoms with Gasteiger partial charge >= 0.3 is 11.9 Å². The molecule has 0 amide bonds. The molecule has 2 atom stereocenters. The summed E-state index contributed by atoms with van der Waals surface area (Å²) >= 11 is 0. The van der Waals surface area contributed by atoms with E-state index < -0.39 is 106 Å². The van der Waals surface area contributed by atoms with Gasteiger partial charge in [-0.05, 0) is 49.6 Å². The van der Waals surface area contributed by atoms with E-state index >= 15 is 0 Å². The third-order valence-electron chi connectivity index (χ3n) is 11.0. The van der Waals surface area contributed by atoms with Crippen LogP contribution >= 0.6 is 0 Å². The quantitative estimate of drug-likeness (QED) is 0.0861. The lowest BCUT2D eigenvalue weighted by Gasteiger charge is -2.36. The minimum atomic E-state index is -2.19. The van der Waals surface area contributed by atoms with Gasteiger partial charge in [-0.25, -0.2) is 14.6 Å². The summed E-state index contributed by atoms with van der Waals surface area (Å²) in [5.74, 6) is -1.61. The van der Waals surface area contributed by atoms with Crippen molar-refractivity contribution in [2.75, 3.05) is 7.11 Å². The second-order valence-electron chi connectivity index (χ2n) is 14.1. The van der Waals surface area contributed by atoms with Crippen LogP contribution in [0.1, 0.15) is 60.6 Å². The van der Waals surface area contributed by atoms with Gasteiger partial charge in [0.15, 0.2) is 0 Å². The number of ether oxygens (including phenoxy) is 3. The number of hydrogen-bond acceptors (Lipinski definition) is 17. The molecule has 4 heterocycles. The molecule has 22 heteroatoms. The maximum Gasteiger partial charge on any atom is 0.355 e. The first-order chi connectivity index (χ1) is 29.0. The number of non-ortho nitro benzene ring substituents is 2. The Morgan fingerprint density at radius 1 is 0.902 bits per heavy atom. The summed E-state index contributed by atoms with van der Waals surface area (Å²) < 4.78 is 18.3. The molecule has 2 aliphatic heterocycles. The molecule has 1 aliphatic carbocycles. The van der Waals surface area contributed by atoms with Gasteiger partial charge in [0.25, 0.3) is 28.3 Å². The smallest absolute Gasteiger partial charge is 0.355 e. The second-order valence-corrected chi connectivity index (χ2v) is 14.1. The summed E-state index contributed by atoms with van der Waals surface area (Å²) in [4.78, 5) is 96.2. The average Bonchev–Trinajstić information content (AvgIpc) is 3.76. The summed E-state index contributed by atoms with van der Waals surface area (Å²) in [6.07, 6.45) is -1.39. The van der Waals surface area contributed by atoms with E-state index in [2.05, 4.69) is 5.16 Å². The van der Waals surface area contributed by atoms with Crippen LogP contribution in [0, 0.1) is 40.5 Å². The number of esters is 2. The Morgan fingerprint density at radius 3 is 2.07 bits per heavy atom. The molecule has 5 aromatic rings. The van der Waals surface area contributed by atoms with Crippen molar-refractivity contribution in [1.29, 1.82) is 0 Å². The molecule has 3 aromatic carbocycles. The molecule has 0 saturated heterocycles. The fourth-order valence-corrected chi connectivity index (χ4v) is 8.12. The van der Waals surface area contributed by atoms with Gasteiger partial charge in [0.05, 0.1) is 79.1 Å². The van der Waals surface area contributed by atoms with Crippen LogP contribution in [0.2, 0.25) is 0 Å². The van der Waals surface area contributed by atoms with Crippen molar-refractivity contribution >= 4 is 51.3 Å². The molecule has 0 radical (unpaired) electrons. The molecule has 8 rings (SSSR count). The van der Waals surface area contributed by atoms with Crippen LogP contribution in [-0.4, -0.2) is 60.1 Å². The van der Waals surface area contributed by atoms with Crippen molar-refractivity contribution in [2.24, 2.45) is 5.16 Å². The number of nitro groups is 4. The molecular weight excluding hydrogens is 806 g/mol. The number of rotatable bonds is 11. The number of methoxy groups -OCH3 is 1. The van der Waals surface area contributed by atoms with Gasteiger partial charge in [-0.3, -0.25) is 45.3 Å². The third-order valence-corrected chi connectivity index (χ3v) is 11.0. The van der Waals surface area contributed by atoms with Gasteiger partial charge in [0.2, 0.25) is 11.7 Å². The molecule has 0 fully saturated rings. The molecule has 0 spiro atoms. The van der Waals surface area contributed by atoms with Crippen molar-refractivity contribution in [2.45, 2.75) is 58.5 Å². The highest BCUT2D eigenvalue weighted by Crippen LogP contribution is 2.50. The summed E-state index contributed by atoms with van der Waals surface area (Å²) in [5.41, 5.74) is -5.35. The van der Waals surface area contributed by atoms with Gasteiger partial charge in [-0.1, -0.05) is 19.0 Å². The lowest BCUT2D eigenvalue weighted by atomic mass is 9.85. The number of nitro benzene ring substituents is 4. The Bertz CT molecular complexity index is 2890. The number of carbonyl (C=O) groups excluding carboxylic acids is 2. The van der Waals surface area contributed by atoms with Gasteiger partial charge in [-0.15, -0.1) is 0 Å². The van der Waals surface area contributed by atoms with E-state index in [9.17, 15) is 54.8 Å². The minimum Gasteiger partial charge on any atom is -0.497 e. The number of fused-ring (bicyclic) bond motifs is 8. The molecule has 3 aliphatic rings. The zero-order chi connectivity index (χ0) is 43.8. The molecular formula is C39H29N7O15. The molecule has 0 bridgehead atoms. The monoisotopic (exact) mass is 835 g/mol. The number of cyclic esters (lactones) is 1. The number of oxime groups is 1. The minimum absolute atomic E-state index is 0.0504. The van der Waals surface area contributed by atoms with Crippen molar-refractivity contribution in [3.05, 3.63) is 133 Å². The fraction of sp³-hybridized carbons (Fsp3) is 0.256. The normalized spacial score (nSPS) is 16.0. The van der Waals surface area contributed by atoms with Gasteiger partial charge in [0.1, 0.15) is 18.1 Å². The first-order valence-corrected chi connectivity index (χ1v) is 18.4. The van der Waals surface area contributed by atoms with E-state index in [4.69, 9.17) is 24.0 Å². The maximum absolute atomic E-state index is 14.2. The van der Waals surface area contributed by atoms with Gasteiger partial charge in [-0.2, -0.15) is 0 Å². The zero-order valence-electron chi connectivity index (χ0n) is 32.3. The Morgan fingerprint density at radius 2 is 1.52 bits per heavy atom. The zero-order valence-corrected chi connectivity index (χ0v) is 32.3. The number of pyridine rings is 2. The summed E-state index contributed by atoms with van der Waals surface area (Å²) in [7, 11) is 1.55. The predicted molar refractivity (Wildman–Crippen MR) is 209 cm³/mol. The van der Waals surface area contributed by atoms with Crippen molar-refractivity contribution < 1.29 is 48.3 Å². The van der Waals surface area contributed by atoms with Crippen molar-refractivity contribution in [1.82, 2.24) is 9.55 Å². The molecule has 0 N–H and O–H groups in total. The molecule has 22 nitrogen and oxygen atoms in total. The Balaban J connectivity index is 1.20. The van der Waals surface area contributed by atoms with E-state index in [1.807, 2.05) is 13.0 Å². The molecule has 0 saturated carbocycles. The largest absolute Gasteiger partial charge is 0.497 e. The van der Waals surface area contributed by atoms with Crippen LogP contribution in [0.25, 0.3) is 33.4 Å². The van der Waals surface area contributed by atoms with Gasteiger partial charge < -0.3 is 23.6 Å². The lowest BCUT2D eigenvalue weighted by Crippen LogP contribution is -2.48.